The molecule has 0 aliphatic heterocycles. The molecule has 2 atom stereocenters. The van der Waals surface area contributed by atoms with Crippen molar-refractivity contribution in [2.24, 2.45) is 5.73 Å². The van der Waals surface area contributed by atoms with Crippen LogP contribution in [0.2, 0.25) is 5.15 Å². The van der Waals surface area contributed by atoms with Crippen LogP contribution in [-0.4, -0.2) is 22.1 Å². The van der Waals surface area contributed by atoms with E-state index in [2.05, 4.69) is 15.3 Å². The minimum Gasteiger partial charge on any atom is -0.326 e. The Hall–Kier alpha value is -0.710. The highest BCUT2D eigenvalue weighted by atomic mass is 35.5. The molecule has 3 N–H and O–H groups in total. The number of nitrogens with one attached hydrogen (secondary N) is 1. The molecule has 2 rings (SSSR count). The number of hydrogen-bond donors (Lipinski definition) is 2. The lowest BCUT2D eigenvalue weighted by molar-refractivity contribution is 0.325. The van der Waals surface area contributed by atoms with E-state index in [4.69, 9.17) is 17.3 Å². The van der Waals surface area contributed by atoms with Crippen molar-refractivity contribution in [1.82, 2.24) is 15.3 Å². The largest absolute Gasteiger partial charge is 0.326 e. The minimum absolute atomic E-state index is 0.254. The molecule has 1 saturated carbocycles. The van der Waals surface area contributed by atoms with Crippen molar-refractivity contribution in [3.05, 3.63) is 23.2 Å². The van der Waals surface area contributed by atoms with Crippen molar-refractivity contribution < 1.29 is 0 Å². The molecule has 1 aromatic rings. The van der Waals surface area contributed by atoms with E-state index < -0.39 is 0 Å². The first-order chi connectivity index (χ1) is 7.77. The molecule has 0 bridgehead atoms. The summed E-state index contributed by atoms with van der Waals surface area (Å²) in [6, 6.07) is 0.635. The predicted octanol–water partition coefficient (Wildman–Crippen LogP) is 1.49. The molecule has 1 aliphatic carbocycles. The molecule has 0 aromatic carbocycles. The van der Waals surface area contributed by atoms with Crippen molar-refractivity contribution in [2.75, 3.05) is 0 Å². The first-order valence-electron chi connectivity index (χ1n) is 5.71. The smallest absolute Gasteiger partial charge is 0.151 e. The molecule has 0 radical (unpaired) electrons. The van der Waals surface area contributed by atoms with Crippen LogP contribution in [0.1, 0.15) is 31.4 Å². The van der Waals surface area contributed by atoms with Crippen LogP contribution in [0.3, 0.4) is 0 Å². The van der Waals surface area contributed by atoms with Crippen LogP contribution in [0.25, 0.3) is 0 Å². The normalized spacial score (nSPS) is 25.6. The van der Waals surface area contributed by atoms with E-state index >= 15 is 0 Å². The van der Waals surface area contributed by atoms with E-state index in [9.17, 15) is 0 Å². The van der Waals surface area contributed by atoms with Gasteiger partial charge in [-0.15, -0.1) is 0 Å². The highest BCUT2D eigenvalue weighted by molar-refractivity contribution is 6.29. The van der Waals surface area contributed by atoms with Gasteiger partial charge in [0, 0.05) is 31.0 Å². The lowest BCUT2D eigenvalue weighted by Crippen LogP contribution is -2.46. The highest BCUT2D eigenvalue weighted by Crippen LogP contribution is 2.17. The fourth-order valence-electron chi connectivity index (χ4n) is 2.11. The van der Waals surface area contributed by atoms with Gasteiger partial charge in [0.2, 0.25) is 0 Å². The Labute approximate surface area is 101 Å². The van der Waals surface area contributed by atoms with E-state index in [1.54, 1.807) is 12.4 Å². The number of aromatic nitrogens is 2. The van der Waals surface area contributed by atoms with E-state index in [1.165, 1.54) is 12.8 Å². The average Bonchev–Trinajstić information content (AvgIpc) is 2.30. The molecule has 1 fully saturated rings. The lowest BCUT2D eigenvalue weighted by atomic mass is 9.91. The number of hydrogen-bond acceptors (Lipinski definition) is 4. The van der Waals surface area contributed by atoms with Crippen LogP contribution in [0.15, 0.2) is 12.4 Å². The van der Waals surface area contributed by atoms with Crippen LogP contribution in [0, 0.1) is 0 Å². The molecule has 1 aliphatic rings. The third-order valence-electron chi connectivity index (χ3n) is 3.07. The molecule has 0 saturated heterocycles. The van der Waals surface area contributed by atoms with Crippen LogP contribution in [0.5, 0.6) is 0 Å². The Morgan fingerprint density at radius 2 is 2.06 bits per heavy atom. The van der Waals surface area contributed by atoms with E-state index in [0.29, 0.717) is 17.7 Å². The monoisotopic (exact) mass is 240 g/mol. The summed E-state index contributed by atoms with van der Waals surface area (Å²) in [5.41, 5.74) is 6.84. The van der Waals surface area contributed by atoms with Gasteiger partial charge in [-0.3, -0.25) is 4.98 Å². The fourth-order valence-corrected chi connectivity index (χ4v) is 2.28. The maximum absolute atomic E-state index is 6.05. The van der Waals surface area contributed by atoms with E-state index in [1.807, 2.05) is 0 Å². The molecule has 0 spiro atoms. The second-order valence-corrected chi connectivity index (χ2v) is 4.59. The molecule has 0 unspecified atom stereocenters. The van der Waals surface area contributed by atoms with Gasteiger partial charge in [0.25, 0.3) is 0 Å². The quantitative estimate of drug-likeness (QED) is 0.840. The van der Waals surface area contributed by atoms with Crippen molar-refractivity contribution in [1.29, 1.82) is 0 Å². The molecule has 1 heterocycles. The minimum atomic E-state index is 0.254. The number of halogens is 1. The summed E-state index contributed by atoms with van der Waals surface area (Å²) >= 11 is 5.93. The Balaban J connectivity index is 1.89. The Kier molecular flexibility index (Phi) is 4.09. The first kappa shape index (κ1) is 11.8. The van der Waals surface area contributed by atoms with Crippen LogP contribution >= 0.6 is 11.6 Å². The summed E-state index contributed by atoms with van der Waals surface area (Å²) in [5, 5.41) is 3.89. The third kappa shape index (κ3) is 2.90. The molecule has 0 amide bonds. The summed E-state index contributed by atoms with van der Waals surface area (Å²) in [6.45, 7) is 0.644. The highest BCUT2D eigenvalue weighted by Gasteiger charge is 2.21. The molecule has 1 aromatic heterocycles. The van der Waals surface area contributed by atoms with Gasteiger partial charge in [-0.25, -0.2) is 4.98 Å². The first-order valence-corrected chi connectivity index (χ1v) is 6.09. The standard InChI is InChI=1S/C11H17ClN4/c12-11-10(14-5-6-15-11)7-16-9-4-2-1-3-8(9)13/h5-6,8-9,16H,1-4,7,13H2/t8-,9-/m1/s1. The van der Waals surface area contributed by atoms with Gasteiger partial charge < -0.3 is 11.1 Å². The van der Waals surface area contributed by atoms with Crippen molar-refractivity contribution >= 4 is 11.6 Å². The predicted molar refractivity (Wildman–Crippen MR) is 64.1 cm³/mol. The molecule has 88 valence electrons. The van der Waals surface area contributed by atoms with Gasteiger partial charge >= 0.3 is 0 Å². The Morgan fingerprint density at radius 3 is 2.81 bits per heavy atom. The second-order valence-electron chi connectivity index (χ2n) is 4.23. The van der Waals surface area contributed by atoms with Gasteiger partial charge in [-0.1, -0.05) is 24.4 Å². The maximum atomic E-state index is 6.05. The summed E-state index contributed by atoms with van der Waals surface area (Å²) < 4.78 is 0. The van der Waals surface area contributed by atoms with Gasteiger partial charge in [-0.05, 0) is 12.8 Å². The van der Waals surface area contributed by atoms with Crippen molar-refractivity contribution in [3.63, 3.8) is 0 Å². The van der Waals surface area contributed by atoms with Crippen molar-refractivity contribution in [2.45, 2.75) is 44.3 Å². The van der Waals surface area contributed by atoms with Gasteiger partial charge in [0.1, 0.15) is 0 Å². The van der Waals surface area contributed by atoms with Crippen LogP contribution in [0.4, 0.5) is 0 Å². The number of rotatable bonds is 3. The maximum Gasteiger partial charge on any atom is 0.151 e. The molecule has 16 heavy (non-hydrogen) atoms. The zero-order chi connectivity index (χ0) is 11.4. The summed E-state index contributed by atoms with van der Waals surface area (Å²) in [6.07, 6.45) is 7.98. The average molecular weight is 241 g/mol. The zero-order valence-corrected chi connectivity index (χ0v) is 9.95. The van der Waals surface area contributed by atoms with Crippen LogP contribution in [-0.2, 0) is 6.54 Å². The fraction of sp³-hybridized carbons (Fsp3) is 0.636. The summed E-state index contributed by atoms with van der Waals surface area (Å²) in [5.74, 6) is 0. The van der Waals surface area contributed by atoms with Gasteiger partial charge in [0.15, 0.2) is 5.15 Å². The topological polar surface area (TPSA) is 63.8 Å². The van der Waals surface area contributed by atoms with E-state index in [-0.39, 0.29) is 6.04 Å². The van der Waals surface area contributed by atoms with Crippen LogP contribution < -0.4 is 11.1 Å². The SMILES string of the molecule is N[C@@H]1CCCC[C@H]1NCc1nccnc1Cl. The third-order valence-corrected chi connectivity index (χ3v) is 3.39. The zero-order valence-electron chi connectivity index (χ0n) is 9.19. The number of nitrogens with zero attached hydrogens (tertiary/aromatic N) is 2. The molecule has 5 heteroatoms. The van der Waals surface area contributed by atoms with Gasteiger partial charge in [-0.2, -0.15) is 0 Å². The number of nitrogens with two attached hydrogens (primary N) is 1. The molecular formula is C11H17ClN4. The van der Waals surface area contributed by atoms with Gasteiger partial charge in [0.05, 0.1) is 5.69 Å². The molecule has 4 nitrogen and oxygen atoms in total. The Morgan fingerprint density at radius 1 is 1.31 bits per heavy atom. The summed E-state index contributed by atoms with van der Waals surface area (Å²) in [4.78, 5) is 8.18. The van der Waals surface area contributed by atoms with Crippen molar-refractivity contribution in [3.8, 4) is 0 Å². The summed E-state index contributed by atoms with van der Waals surface area (Å²) in [7, 11) is 0. The Bertz CT molecular complexity index is 345. The second kappa shape index (κ2) is 5.57. The lowest BCUT2D eigenvalue weighted by Gasteiger charge is -2.29. The molecular weight excluding hydrogens is 224 g/mol. The van der Waals surface area contributed by atoms with E-state index in [0.717, 1.165) is 18.5 Å².